The van der Waals surface area contributed by atoms with Crippen LogP contribution in [-0.4, -0.2) is 4.98 Å². The molecule has 2 aromatic heterocycles. The van der Waals surface area contributed by atoms with Crippen molar-refractivity contribution in [3.63, 3.8) is 0 Å². The number of benzene rings is 2. The Balaban J connectivity index is 2.14. The number of pyridine rings is 1. The van der Waals surface area contributed by atoms with E-state index in [2.05, 4.69) is 9.83 Å². The first-order valence-corrected chi connectivity index (χ1v) is 7.90. The third-order valence-electron chi connectivity index (χ3n) is 3.92. The number of furan rings is 1. The Morgan fingerprint density at radius 3 is 2.84 bits per heavy atom. The zero-order valence-electron chi connectivity index (χ0n) is 19.8. The van der Waals surface area contributed by atoms with Crippen LogP contribution in [0.25, 0.3) is 38.0 Å². The molecule has 25 heavy (non-hydrogen) atoms. The van der Waals surface area contributed by atoms with Crippen LogP contribution < -0.4 is 0 Å². The standard InChI is InChI=1S/C22H18N2O/c1-14(2)13-18-19(23-3)11-10-16-15-7-6-8-17(21(15)25-22(16)18)20-9-4-5-12-24-20/h4-12,14H,13H2,1-2H3/i4D,5D,9D,12D,13D2. The van der Waals surface area contributed by atoms with E-state index in [4.69, 9.17) is 19.2 Å². The molecular formula is C22H18N2O. The maximum atomic E-state index is 8.60. The van der Waals surface area contributed by atoms with Crippen LogP contribution in [0.5, 0.6) is 0 Å². The molecule has 4 aromatic rings. The lowest BCUT2D eigenvalue weighted by Crippen LogP contribution is -1.94. The van der Waals surface area contributed by atoms with Crippen LogP contribution in [0.3, 0.4) is 0 Å². The van der Waals surface area contributed by atoms with Gasteiger partial charge in [-0.2, -0.15) is 0 Å². The Bertz CT molecular complexity index is 1400. The second-order valence-corrected chi connectivity index (χ2v) is 5.98. The van der Waals surface area contributed by atoms with Gasteiger partial charge in [0.1, 0.15) is 11.2 Å². The van der Waals surface area contributed by atoms with Gasteiger partial charge in [-0.3, -0.25) is 4.98 Å². The van der Waals surface area contributed by atoms with Crippen LogP contribution >= 0.6 is 0 Å². The molecule has 122 valence electrons. The van der Waals surface area contributed by atoms with Crippen LogP contribution in [0.4, 0.5) is 5.69 Å². The minimum absolute atomic E-state index is 0.0504. The van der Waals surface area contributed by atoms with E-state index in [1.807, 2.05) is 0 Å². The molecular weight excluding hydrogens is 308 g/mol. The zero-order valence-corrected chi connectivity index (χ0v) is 13.8. The van der Waals surface area contributed by atoms with Crippen molar-refractivity contribution >= 4 is 27.6 Å². The van der Waals surface area contributed by atoms with Gasteiger partial charge >= 0.3 is 0 Å². The van der Waals surface area contributed by atoms with E-state index >= 15 is 0 Å². The molecule has 0 atom stereocenters. The second-order valence-electron chi connectivity index (χ2n) is 5.98. The Hall–Kier alpha value is -3.12. The summed E-state index contributed by atoms with van der Waals surface area (Å²) in [6, 6.07) is 7.38. The predicted octanol–water partition coefficient (Wildman–Crippen LogP) is 6.40. The van der Waals surface area contributed by atoms with Gasteiger partial charge in [-0.25, -0.2) is 4.85 Å². The molecule has 0 aliphatic carbocycles. The van der Waals surface area contributed by atoms with Crippen molar-refractivity contribution in [2.45, 2.75) is 20.2 Å². The summed E-state index contributed by atoms with van der Waals surface area (Å²) in [5.74, 6) is -0.408. The molecule has 0 amide bonds. The molecule has 0 fully saturated rings. The number of nitrogens with zero attached hydrogens (tertiary/aromatic N) is 2. The molecule has 0 N–H and O–H groups in total. The Kier molecular flexibility index (Phi) is 2.43. The highest BCUT2D eigenvalue weighted by molar-refractivity contribution is 6.11. The number of rotatable bonds is 3. The normalized spacial score (nSPS) is 15.3. The maximum Gasteiger partial charge on any atom is 0.194 e. The van der Waals surface area contributed by atoms with Gasteiger partial charge in [-0.15, -0.1) is 0 Å². The van der Waals surface area contributed by atoms with E-state index in [9.17, 15) is 0 Å². The molecule has 3 nitrogen and oxygen atoms in total. The first kappa shape index (κ1) is 10.0. The van der Waals surface area contributed by atoms with Crippen molar-refractivity contribution < 1.29 is 12.6 Å². The smallest absolute Gasteiger partial charge is 0.194 e. The quantitative estimate of drug-likeness (QED) is 0.406. The SMILES string of the molecule is [2H]c1nc(-c2cccc3c2oc2c(C([2H])([2H])C(C)C)c([N+]#[C-])ccc23)c([2H])c([2H])c1[2H]. The molecule has 0 aliphatic rings. The van der Waals surface area contributed by atoms with Gasteiger partial charge < -0.3 is 4.42 Å². The monoisotopic (exact) mass is 332 g/mol. The van der Waals surface area contributed by atoms with Gasteiger partial charge in [0.2, 0.25) is 0 Å². The molecule has 2 aromatic carbocycles. The summed E-state index contributed by atoms with van der Waals surface area (Å²) in [5.41, 5.74) is 1.37. The topological polar surface area (TPSA) is 30.4 Å². The highest BCUT2D eigenvalue weighted by atomic mass is 16.3. The van der Waals surface area contributed by atoms with Crippen LogP contribution in [0, 0.1) is 12.5 Å². The molecule has 0 saturated carbocycles. The van der Waals surface area contributed by atoms with Crippen LogP contribution in [-0.2, 0) is 6.37 Å². The summed E-state index contributed by atoms with van der Waals surface area (Å²) in [5, 5.41) is 1.28. The fourth-order valence-corrected chi connectivity index (χ4v) is 2.92. The fourth-order valence-electron chi connectivity index (χ4n) is 2.92. The lowest BCUT2D eigenvalue weighted by atomic mass is 9.98. The summed E-state index contributed by atoms with van der Waals surface area (Å²) in [6.45, 7) is 11.0. The van der Waals surface area contributed by atoms with Crippen molar-refractivity contribution in [1.29, 1.82) is 0 Å². The molecule has 3 heteroatoms. The van der Waals surface area contributed by atoms with Crippen molar-refractivity contribution in [1.82, 2.24) is 4.98 Å². The van der Waals surface area contributed by atoms with E-state index in [1.54, 1.807) is 44.2 Å². The highest BCUT2D eigenvalue weighted by Crippen LogP contribution is 2.39. The number of fused-ring (bicyclic) bond motifs is 3. The third kappa shape index (κ3) is 2.56. The largest absolute Gasteiger partial charge is 0.456 e. The minimum Gasteiger partial charge on any atom is -0.456 e. The number of para-hydroxylation sites is 1. The van der Waals surface area contributed by atoms with Crippen molar-refractivity contribution in [3.8, 4) is 11.3 Å². The minimum atomic E-state index is -1.82. The van der Waals surface area contributed by atoms with E-state index in [-0.39, 0.29) is 28.6 Å². The Morgan fingerprint density at radius 2 is 2.04 bits per heavy atom. The summed E-state index contributed by atoms with van der Waals surface area (Å²) < 4.78 is 55.1. The molecule has 0 radical (unpaired) electrons. The van der Waals surface area contributed by atoms with Crippen LogP contribution in [0.2, 0.25) is 0 Å². The predicted molar refractivity (Wildman–Crippen MR) is 102 cm³/mol. The molecule has 4 rings (SSSR count). The second kappa shape index (κ2) is 6.07. The summed E-state index contributed by atoms with van der Waals surface area (Å²) in [6.07, 6.45) is -2.22. The van der Waals surface area contributed by atoms with E-state index in [0.717, 1.165) is 0 Å². The first-order chi connectivity index (χ1) is 14.6. The lowest BCUT2D eigenvalue weighted by molar-refractivity contribution is 0.625. The molecule has 0 bridgehead atoms. The number of hydrogen-bond acceptors (Lipinski definition) is 2. The molecule has 2 heterocycles. The van der Waals surface area contributed by atoms with Crippen molar-refractivity contribution in [2.75, 3.05) is 0 Å². The molecule has 0 unspecified atom stereocenters. The maximum absolute atomic E-state index is 8.60. The lowest BCUT2D eigenvalue weighted by Gasteiger charge is -2.07. The van der Waals surface area contributed by atoms with E-state index in [1.165, 1.54) is 0 Å². The molecule has 0 saturated heterocycles. The first-order valence-electron chi connectivity index (χ1n) is 10.9. The Morgan fingerprint density at radius 1 is 1.20 bits per heavy atom. The third-order valence-corrected chi connectivity index (χ3v) is 3.92. The average Bonchev–Trinajstić information content (AvgIpc) is 3.12. The zero-order chi connectivity index (χ0) is 22.7. The Labute approximate surface area is 155 Å². The molecule has 0 spiro atoms. The van der Waals surface area contributed by atoms with Gasteiger partial charge in [0.05, 0.1) is 17.7 Å². The van der Waals surface area contributed by atoms with E-state index in [0.29, 0.717) is 21.9 Å². The van der Waals surface area contributed by atoms with Gasteiger partial charge in [0.15, 0.2) is 5.69 Å². The number of aromatic nitrogens is 1. The van der Waals surface area contributed by atoms with Gasteiger partial charge in [-0.05, 0) is 30.4 Å². The van der Waals surface area contributed by atoms with Crippen molar-refractivity contribution in [3.05, 3.63) is 71.6 Å². The average molecular weight is 332 g/mol. The van der Waals surface area contributed by atoms with Gasteiger partial charge in [-0.1, -0.05) is 44.2 Å². The fraction of sp³-hybridized carbons (Fsp3) is 0.182. The van der Waals surface area contributed by atoms with Crippen molar-refractivity contribution in [2.24, 2.45) is 5.92 Å². The van der Waals surface area contributed by atoms with Crippen LogP contribution in [0.1, 0.15) is 27.6 Å². The summed E-state index contributed by atoms with van der Waals surface area (Å²) in [4.78, 5) is 7.55. The van der Waals surface area contributed by atoms with Crippen LogP contribution in [0.15, 0.2) is 59.0 Å². The van der Waals surface area contributed by atoms with Gasteiger partial charge in [0, 0.05) is 30.8 Å². The van der Waals surface area contributed by atoms with E-state index < -0.39 is 30.5 Å². The number of hydrogen-bond donors (Lipinski definition) is 0. The molecule has 0 aliphatic heterocycles. The highest BCUT2D eigenvalue weighted by Gasteiger charge is 2.18. The summed E-state index contributed by atoms with van der Waals surface area (Å²) in [7, 11) is 0. The van der Waals surface area contributed by atoms with Gasteiger partial charge in [0.25, 0.3) is 0 Å². The summed E-state index contributed by atoms with van der Waals surface area (Å²) >= 11 is 0.